The number of aromatic nitrogens is 4. The first kappa shape index (κ1) is 36.3. The van der Waals surface area contributed by atoms with Crippen molar-refractivity contribution in [1.82, 2.24) is 24.6 Å². The summed E-state index contributed by atoms with van der Waals surface area (Å²) in [6.07, 6.45) is -2.07. The van der Waals surface area contributed by atoms with Crippen LogP contribution in [0.5, 0.6) is 5.75 Å². The Morgan fingerprint density at radius 3 is 2.47 bits per heavy atom. The Kier molecular flexibility index (Phi) is 11.1. The van der Waals surface area contributed by atoms with E-state index in [2.05, 4.69) is 20.0 Å². The first-order valence-corrected chi connectivity index (χ1v) is 15.7. The van der Waals surface area contributed by atoms with Crippen molar-refractivity contribution in [2.24, 2.45) is 5.92 Å². The number of hydrogen-bond donors (Lipinski definition) is 3. The quantitative estimate of drug-likeness (QED) is 0.0925. The molecule has 2 aromatic heterocycles. The Balaban J connectivity index is 1.71. The predicted octanol–water partition coefficient (Wildman–Crippen LogP) is 0.664. The Morgan fingerprint density at radius 1 is 1.13 bits per heavy atom. The first-order valence-electron chi connectivity index (χ1n) is 14.1. The van der Waals surface area contributed by atoms with E-state index in [1.165, 1.54) is 13.0 Å². The number of anilines is 1. The summed E-state index contributed by atoms with van der Waals surface area (Å²) in [5.41, 5.74) is 4.59. The number of esters is 1. The number of nitrogen functional groups attached to an aromatic ring is 1. The lowest BCUT2D eigenvalue weighted by molar-refractivity contribution is -0.255. The van der Waals surface area contributed by atoms with Crippen LogP contribution in [0.2, 0.25) is 0 Å². The van der Waals surface area contributed by atoms with Crippen LogP contribution in [0.3, 0.4) is 0 Å². The number of hydrogen-bond acceptors (Lipinski definition) is 11. The van der Waals surface area contributed by atoms with Gasteiger partial charge < -0.3 is 24.8 Å². The van der Waals surface area contributed by atoms with E-state index in [0.717, 1.165) is 4.57 Å². The Bertz CT molecular complexity index is 1800. The molecule has 2 aromatic carbocycles. The van der Waals surface area contributed by atoms with Gasteiger partial charge >= 0.3 is 13.7 Å². The smallest absolute Gasteiger partial charge is 0.458 e. The molecular weight excluding hydrogens is 633 g/mol. The van der Waals surface area contributed by atoms with E-state index in [0.29, 0.717) is 10.8 Å². The van der Waals surface area contributed by atoms with Crippen LogP contribution in [0.25, 0.3) is 21.9 Å². The van der Waals surface area contributed by atoms with Crippen molar-refractivity contribution in [2.75, 3.05) is 25.6 Å². The summed E-state index contributed by atoms with van der Waals surface area (Å²) in [6, 6.07) is 10.2. The van der Waals surface area contributed by atoms with Gasteiger partial charge in [0.15, 0.2) is 19.7 Å². The molecule has 0 amide bonds. The number of ether oxygens (including phenoxy) is 2. The van der Waals surface area contributed by atoms with Crippen molar-refractivity contribution < 1.29 is 41.8 Å². The second-order valence-corrected chi connectivity index (χ2v) is 12.5. The highest BCUT2D eigenvalue weighted by molar-refractivity contribution is 7.52. The zero-order valence-corrected chi connectivity index (χ0v) is 26.6. The van der Waals surface area contributed by atoms with Crippen LogP contribution in [0.4, 0.5) is 14.7 Å². The molecule has 3 unspecified atom stereocenters. The third-order valence-electron chi connectivity index (χ3n) is 6.64. The Hall–Kier alpha value is -3.49. The molecule has 0 aliphatic heterocycles. The van der Waals surface area contributed by atoms with Crippen LogP contribution >= 0.6 is 7.75 Å². The van der Waals surface area contributed by atoms with Gasteiger partial charge in [-0.3, -0.25) is 13.9 Å². The second kappa shape index (κ2) is 14.3. The molecule has 2 heterocycles. The maximum atomic E-state index is 16.6. The van der Waals surface area contributed by atoms with Gasteiger partial charge in [-0.15, -0.1) is 0 Å². The zero-order chi connectivity index (χ0) is 34.7. The lowest BCUT2D eigenvalue weighted by Crippen LogP contribution is -2.59. The van der Waals surface area contributed by atoms with Crippen molar-refractivity contribution >= 4 is 84.3 Å². The number of benzene rings is 2. The standard InChI is InChI=1S/C27H29B4F2N6O7P/c1-14(2)12-43-23(41)15(3)38-47(42,45-18-10-6-8-16-7-4-5-9-17(16)18)46-27(30,31)26(33,13-40)44-19(11-32)39-22-20(35-24(39)29)21(28)36-25(34)37-22/h4-10,14-15,19,40H,11-13H2,1-3H3,(H,38,42)(H2,34,36,37)/t15?,19?,26-,47?/m0/s1. The molecule has 4 aromatic rings. The second-order valence-electron chi connectivity index (χ2n) is 10.9. The minimum atomic E-state index is -5.03. The van der Waals surface area contributed by atoms with E-state index in [1.807, 2.05) is 0 Å². The number of carbonyl (C=O) groups excluding carboxylic acids is 1. The SMILES string of the molecule is [B]c1nc(N)nc2c1nc([B])n2C(CF)O[C@@](F)(CO)C([B])([B])OP(=O)(NC(C)C(=O)OCC(C)C)Oc1cccc2ccccc12. The third-order valence-corrected chi connectivity index (χ3v) is 8.33. The number of alkyl halides is 2. The number of carbonyl (C=O) groups is 1. The monoisotopic (exact) mass is 662 g/mol. The van der Waals surface area contributed by atoms with Crippen molar-refractivity contribution in [3.8, 4) is 5.75 Å². The average Bonchev–Trinajstić information content (AvgIpc) is 3.33. The van der Waals surface area contributed by atoms with Crippen molar-refractivity contribution in [2.45, 2.75) is 44.3 Å². The maximum absolute atomic E-state index is 16.6. The molecule has 0 spiro atoms. The summed E-state index contributed by atoms with van der Waals surface area (Å²) in [7, 11) is 18.7. The van der Waals surface area contributed by atoms with Gasteiger partial charge in [0.1, 0.15) is 54.1 Å². The number of imidazole rings is 1. The lowest BCUT2D eigenvalue weighted by atomic mass is 9.61. The molecule has 0 bridgehead atoms. The number of nitrogens with one attached hydrogen (secondary N) is 1. The molecule has 0 saturated carbocycles. The van der Waals surface area contributed by atoms with Crippen molar-refractivity contribution in [3.63, 3.8) is 0 Å². The van der Waals surface area contributed by atoms with Gasteiger partial charge in [-0.1, -0.05) is 50.2 Å². The van der Waals surface area contributed by atoms with E-state index in [-0.39, 0.29) is 41.0 Å². The van der Waals surface area contributed by atoms with Gasteiger partial charge in [0, 0.05) is 11.0 Å². The van der Waals surface area contributed by atoms with Crippen molar-refractivity contribution in [1.29, 1.82) is 0 Å². The van der Waals surface area contributed by atoms with Crippen LogP contribution in [0.15, 0.2) is 42.5 Å². The first-order chi connectivity index (χ1) is 22.0. The molecule has 8 radical (unpaired) electrons. The molecule has 20 heteroatoms. The number of rotatable bonds is 15. The fourth-order valence-corrected chi connectivity index (χ4v) is 6.02. The fourth-order valence-electron chi connectivity index (χ4n) is 4.34. The lowest BCUT2D eigenvalue weighted by Gasteiger charge is -2.42. The molecule has 0 fully saturated rings. The molecule has 240 valence electrons. The largest absolute Gasteiger partial charge is 0.464 e. The molecule has 47 heavy (non-hydrogen) atoms. The summed E-state index contributed by atoms with van der Waals surface area (Å²) in [4.78, 5) is 24.3. The van der Waals surface area contributed by atoms with E-state index in [9.17, 15) is 18.9 Å². The molecule has 4 rings (SSSR count). The predicted molar refractivity (Wildman–Crippen MR) is 173 cm³/mol. The van der Waals surface area contributed by atoms with Gasteiger partial charge in [0.25, 0.3) is 0 Å². The molecule has 4 atom stereocenters. The summed E-state index contributed by atoms with van der Waals surface area (Å²) in [5, 5.41) is 10.2. The van der Waals surface area contributed by atoms with Crippen LogP contribution in [-0.2, 0) is 23.4 Å². The van der Waals surface area contributed by atoms with Crippen LogP contribution < -0.4 is 26.7 Å². The topological polar surface area (TPSA) is 173 Å². The van der Waals surface area contributed by atoms with Gasteiger partial charge in [-0.05, 0) is 24.3 Å². The van der Waals surface area contributed by atoms with Crippen LogP contribution in [-0.4, -0.2) is 99.2 Å². The van der Waals surface area contributed by atoms with E-state index < -0.39 is 56.2 Å². The van der Waals surface area contributed by atoms with Crippen molar-refractivity contribution in [3.05, 3.63) is 42.5 Å². The van der Waals surface area contributed by atoms with Gasteiger partial charge in [0.05, 0.1) is 17.7 Å². The molecular formula is C27H29B4F2N6O7P. The summed E-state index contributed by atoms with van der Waals surface area (Å²) < 4.78 is 67.7. The third kappa shape index (κ3) is 7.98. The van der Waals surface area contributed by atoms with Crippen LogP contribution in [0.1, 0.15) is 27.0 Å². The number of nitrogens with two attached hydrogens (primary N) is 1. The molecule has 4 N–H and O–H groups in total. The number of aliphatic hydroxyl groups is 1. The van der Waals surface area contributed by atoms with E-state index in [4.69, 9.17) is 55.6 Å². The van der Waals surface area contributed by atoms with Gasteiger partial charge in [-0.2, -0.15) is 10.1 Å². The van der Waals surface area contributed by atoms with E-state index >= 15 is 4.39 Å². The highest BCUT2D eigenvalue weighted by atomic mass is 31.2. The van der Waals surface area contributed by atoms with E-state index in [1.54, 1.807) is 50.2 Å². The normalized spacial score (nSPS) is 16.1. The van der Waals surface area contributed by atoms with Crippen LogP contribution in [0, 0.1) is 5.92 Å². The number of aliphatic hydroxyl groups excluding tert-OH is 1. The Labute approximate surface area is 274 Å². The number of nitrogens with zero attached hydrogens (tertiary/aromatic N) is 4. The molecule has 13 nitrogen and oxygen atoms in total. The molecule has 0 aliphatic rings. The summed E-state index contributed by atoms with van der Waals surface area (Å²) >= 11 is 0. The summed E-state index contributed by atoms with van der Waals surface area (Å²) in [6.45, 7) is 1.71. The molecule has 0 saturated heterocycles. The average molecular weight is 662 g/mol. The fraction of sp³-hybridized carbons (Fsp3) is 0.407. The highest BCUT2D eigenvalue weighted by Crippen LogP contribution is 2.51. The molecule has 0 aliphatic carbocycles. The van der Waals surface area contributed by atoms with Gasteiger partial charge in [-0.25, -0.2) is 23.3 Å². The minimum Gasteiger partial charge on any atom is -0.464 e. The Morgan fingerprint density at radius 2 is 1.81 bits per heavy atom. The van der Waals surface area contributed by atoms with Gasteiger partial charge in [0.2, 0.25) is 11.8 Å². The highest BCUT2D eigenvalue weighted by Gasteiger charge is 2.53. The number of fused-ring (bicyclic) bond motifs is 2. The maximum Gasteiger partial charge on any atom is 0.458 e. The number of halogens is 2. The summed E-state index contributed by atoms with van der Waals surface area (Å²) in [5.74, 6) is -5.04. The minimum absolute atomic E-state index is 0.0276. The zero-order valence-electron chi connectivity index (χ0n) is 25.7.